The second-order valence-electron chi connectivity index (χ2n) is 4.52. The Bertz CT molecular complexity index is 509. The van der Waals surface area contributed by atoms with E-state index in [1.54, 1.807) is 0 Å². The van der Waals surface area contributed by atoms with Crippen molar-refractivity contribution < 1.29 is 0 Å². The van der Waals surface area contributed by atoms with E-state index in [0.29, 0.717) is 6.04 Å². The summed E-state index contributed by atoms with van der Waals surface area (Å²) in [5.74, 6) is 0. The molecule has 0 bridgehead atoms. The topological polar surface area (TPSA) is 24.9 Å². The number of pyridine rings is 1. The lowest BCUT2D eigenvalue weighted by Gasteiger charge is -2.08. The van der Waals surface area contributed by atoms with E-state index in [9.17, 15) is 0 Å². The predicted molar refractivity (Wildman–Crippen MR) is 76.3 cm³/mol. The fraction of sp³-hybridized carbons (Fsp3) is 0.357. The Morgan fingerprint density at radius 1 is 1.24 bits per heavy atom. The lowest BCUT2D eigenvalue weighted by atomic mass is 10.1. The van der Waals surface area contributed by atoms with Gasteiger partial charge in [0, 0.05) is 11.4 Å². The lowest BCUT2D eigenvalue weighted by Crippen LogP contribution is -2.24. The Morgan fingerprint density at radius 2 is 2.06 bits per heavy atom. The molecule has 0 unspecified atom stereocenters. The second kappa shape index (κ2) is 5.61. The van der Waals surface area contributed by atoms with Crippen molar-refractivity contribution in [2.24, 2.45) is 0 Å². The molecule has 0 spiro atoms. The molecule has 3 heteroatoms. The van der Waals surface area contributed by atoms with Crippen molar-refractivity contribution in [3.63, 3.8) is 0 Å². The Kier molecular flexibility index (Phi) is 4.13. The van der Waals surface area contributed by atoms with E-state index in [-0.39, 0.29) is 0 Å². The van der Waals surface area contributed by atoms with E-state index >= 15 is 0 Å². The van der Waals surface area contributed by atoms with Gasteiger partial charge in [-0.1, -0.05) is 26.0 Å². The molecule has 2 rings (SSSR count). The van der Waals surface area contributed by atoms with Crippen molar-refractivity contribution >= 4 is 26.8 Å². The van der Waals surface area contributed by atoms with Gasteiger partial charge in [-0.2, -0.15) is 0 Å². The minimum atomic E-state index is 0.549. The highest BCUT2D eigenvalue weighted by Gasteiger charge is 1.99. The number of halogens is 1. The van der Waals surface area contributed by atoms with Crippen molar-refractivity contribution in [1.29, 1.82) is 0 Å². The van der Waals surface area contributed by atoms with Crippen LogP contribution in [0, 0.1) is 0 Å². The molecule has 0 fully saturated rings. The van der Waals surface area contributed by atoms with Crippen molar-refractivity contribution in [3.8, 4) is 0 Å². The zero-order valence-corrected chi connectivity index (χ0v) is 11.8. The summed E-state index contributed by atoms with van der Waals surface area (Å²) in [6, 6.07) is 11.1. The van der Waals surface area contributed by atoms with Crippen LogP contribution >= 0.6 is 15.9 Å². The Hall–Kier alpha value is -0.930. The fourth-order valence-electron chi connectivity index (χ4n) is 1.81. The molecule has 17 heavy (non-hydrogen) atoms. The van der Waals surface area contributed by atoms with Gasteiger partial charge >= 0.3 is 0 Å². The van der Waals surface area contributed by atoms with Gasteiger partial charge in [-0.3, -0.25) is 0 Å². The summed E-state index contributed by atoms with van der Waals surface area (Å²) in [4.78, 5) is 4.43. The van der Waals surface area contributed by atoms with E-state index in [0.717, 1.165) is 23.1 Å². The first-order chi connectivity index (χ1) is 8.15. The van der Waals surface area contributed by atoms with Crippen LogP contribution in [-0.4, -0.2) is 17.6 Å². The normalized spacial score (nSPS) is 11.3. The summed E-state index contributed by atoms with van der Waals surface area (Å²) in [5, 5.41) is 4.63. The average Bonchev–Trinajstić information content (AvgIpc) is 2.29. The summed E-state index contributed by atoms with van der Waals surface area (Å²) in [6.45, 7) is 5.36. The van der Waals surface area contributed by atoms with Crippen LogP contribution in [0.25, 0.3) is 10.9 Å². The molecule has 0 aliphatic rings. The minimum Gasteiger partial charge on any atom is -0.314 e. The summed E-state index contributed by atoms with van der Waals surface area (Å²) >= 11 is 3.39. The Labute approximate surface area is 111 Å². The van der Waals surface area contributed by atoms with Crippen LogP contribution in [-0.2, 0) is 6.42 Å². The number of rotatable bonds is 4. The van der Waals surface area contributed by atoms with E-state index in [1.165, 1.54) is 10.9 Å². The van der Waals surface area contributed by atoms with Crippen molar-refractivity contribution in [2.45, 2.75) is 26.3 Å². The quantitative estimate of drug-likeness (QED) is 0.872. The minimum absolute atomic E-state index is 0.549. The smallest absolute Gasteiger partial charge is 0.106 e. The van der Waals surface area contributed by atoms with Gasteiger partial charge in [-0.15, -0.1) is 0 Å². The zero-order valence-electron chi connectivity index (χ0n) is 10.2. The standard InChI is InChI=1S/C14H17BrN2/c1-10(2)16-8-7-11-3-5-13-12(9-11)4-6-14(15)17-13/h3-6,9-10,16H,7-8H2,1-2H3. The van der Waals surface area contributed by atoms with Gasteiger partial charge in [0.1, 0.15) is 4.60 Å². The van der Waals surface area contributed by atoms with Gasteiger partial charge in [-0.05, 0) is 52.7 Å². The highest BCUT2D eigenvalue weighted by molar-refractivity contribution is 9.10. The molecule has 0 atom stereocenters. The molecule has 2 aromatic rings. The van der Waals surface area contributed by atoms with Crippen LogP contribution in [0.15, 0.2) is 34.9 Å². The summed E-state index contributed by atoms with van der Waals surface area (Å²) in [7, 11) is 0. The molecule has 0 aliphatic carbocycles. The Balaban J connectivity index is 2.12. The first kappa shape index (κ1) is 12.5. The van der Waals surface area contributed by atoms with E-state index < -0.39 is 0 Å². The fourth-order valence-corrected chi connectivity index (χ4v) is 2.13. The van der Waals surface area contributed by atoms with Gasteiger partial charge in [0.2, 0.25) is 0 Å². The molecule has 2 nitrogen and oxygen atoms in total. The molecule has 1 N–H and O–H groups in total. The third-order valence-electron chi connectivity index (χ3n) is 2.69. The number of fused-ring (bicyclic) bond motifs is 1. The van der Waals surface area contributed by atoms with E-state index in [1.807, 2.05) is 6.07 Å². The molecule has 0 aliphatic heterocycles. The number of nitrogens with zero attached hydrogens (tertiary/aromatic N) is 1. The molecular weight excluding hydrogens is 276 g/mol. The molecule has 1 aromatic carbocycles. The Morgan fingerprint density at radius 3 is 2.82 bits per heavy atom. The molecule has 1 aromatic heterocycles. The monoisotopic (exact) mass is 292 g/mol. The number of nitrogens with one attached hydrogen (secondary N) is 1. The SMILES string of the molecule is CC(C)NCCc1ccc2nc(Br)ccc2c1. The average molecular weight is 293 g/mol. The number of hydrogen-bond donors (Lipinski definition) is 1. The number of benzene rings is 1. The molecule has 0 saturated carbocycles. The molecule has 90 valence electrons. The summed E-state index contributed by atoms with van der Waals surface area (Å²) in [6.07, 6.45) is 1.06. The van der Waals surface area contributed by atoms with Crippen LogP contribution in [0.5, 0.6) is 0 Å². The maximum absolute atomic E-state index is 4.43. The highest BCUT2D eigenvalue weighted by Crippen LogP contribution is 2.17. The van der Waals surface area contributed by atoms with Crippen molar-refractivity contribution in [2.75, 3.05) is 6.54 Å². The second-order valence-corrected chi connectivity index (χ2v) is 5.33. The predicted octanol–water partition coefficient (Wildman–Crippen LogP) is 3.54. The number of aromatic nitrogens is 1. The van der Waals surface area contributed by atoms with Crippen LogP contribution in [0.1, 0.15) is 19.4 Å². The van der Waals surface area contributed by atoms with Crippen molar-refractivity contribution in [1.82, 2.24) is 10.3 Å². The lowest BCUT2D eigenvalue weighted by molar-refractivity contribution is 0.590. The van der Waals surface area contributed by atoms with Gasteiger partial charge in [-0.25, -0.2) is 4.98 Å². The van der Waals surface area contributed by atoms with E-state index in [4.69, 9.17) is 0 Å². The van der Waals surface area contributed by atoms with Crippen molar-refractivity contribution in [3.05, 3.63) is 40.5 Å². The highest BCUT2D eigenvalue weighted by atomic mass is 79.9. The van der Waals surface area contributed by atoms with Crippen LogP contribution in [0.2, 0.25) is 0 Å². The summed E-state index contributed by atoms with van der Waals surface area (Å²) < 4.78 is 0.888. The van der Waals surface area contributed by atoms with Gasteiger partial charge in [0.05, 0.1) is 5.52 Å². The third kappa shape index (κ3) is 3.51. The number of hydrogen-bond acceptors (Lipinski definition) is 2. The summed E-state index contributed by atoms with van der Waals surface area (Å²) in [5.41, 5.74) is 2.40. The molecule has 0 radical (unpaired) electrons. The van der Waals surface area contributed by atoms with Gasteiger partial charge < -0.3 is 5.32 Å². The van der Waals surface area contributed by atoms with E-state index in [2.05, 4.69) is 64.3 Å². The largest absolute Gasteiger partial charge is 0.314 e. The molecule has 0 saturated heterocycles. The first-order valence-corrected chi connectivity index (χ1v) is 6.73. The van der Waals surface area contributed by atoms with Crippen LogP contribution < -0.4 is 5.32 Å². The molecule has 0 amide bonds. The maximum atomic E-state index is 4.43. The molecular formula is C14H17BrN2. The van der Waals surface area contributed by atoms with Crippen LogP contribution in [0.4, 0.5) is 0 Å². The third-order valence-corrected chi connectivity index (χ3v) is 3.13. The first-order valence-electron chi connectivity index (χ1n) is 5.94. The van der Waals surface area contributed by atoms with Gasteiger partial charge in [0.15, 0.2) is 0 Å². The zero-order chi connectivity index (χ0) is 12.3. The van der Waals surface area contributed by atoms with Crippen LogP contribution in [0.3, 0.4) is 0 Å². The van der Waals surface area contributed by atoms with Gasteiger partial charge in [0.25, 0.3) is 0 Å². The maximum Gasteiger partial charge on any atom is 0.106 e. The molecule has 1 heterocycles.